The quantitative estimate of drug-likeness (QED) is 0.805. The maximum Gasteiger partial charge on any atom is 0.263 e. The Hall–Kier alpha value is -1.66. The van der Waals surface area contributed by atoms with Crippen LogP contribution in [0.15, 0.2) is 23.1 Å². The fourth-order valence-electron chi connectivity index (χ4n) is 4.53. The summed E-state index contributed by atoms with van der Waals surface area (Å²) in [6, 6.07) is 3.35. The van der Waals surface area contributed by atoms with Crippen LogP contribution in [0.5, 0.6) is 0 Å². The smallest absolute Gasteiger partial charge is 0.263 e. The number of pyridine rings is 1. The van der Waals surface area contributed by atoms with Crippen molar-refractivity contribution < 1.29 is 14.3 Å². The van der Waals surface area contributed by atoms with Crippen molar-refractivity contribution in [2.24, 2.45) is 13.0 Å². The van der Waals surface area contributed by atoms with Crippen molar-refractivity contribution >= 4 is 5.91 Å². The number of methoxy groups -OCH3 is 1. The van der Waals surface area contributed by atoms with E-state index in [2.05, 4.69) is 0 Å². The van der Waals surface area contributed by atoms with Crippen LogP contribution in [0.2, 0.25) is 0 Å². The third-order valence-corrected chi connectivity index (χ3v) is 6.42. The molecule has 0 bridgehead atoms. The van der Waals surface area contributed by atoms with Crippen molar-refractivity contribution in [3.05, 3.63) is 34.2 Å². The van der Waals surface area contributed by atoms with Gasteiger partial charge in [-0.25, -0.2) is 0 Å². The molecule has 2 heterocycles. The van der Waals surface area contributed by atoms with Crippen molar-refractivity contribution in [3.63, 3.8) is 0 Å². The molecule has 1 aromatic heterocycles. The average molecular weight is 360 g/mol. The van der Waals surface area contributed by atoms with Crippen LogP contribution in [0, 0.1) is 5.92 Å². The zero-order chi connectivity index (χ0) is 18.3. The molecule has 1 aliphatic heterocycles. The summed E-state index contributed by atoms with van der Waals surface area (Å²) in [4.78, 5) is 27.4. The zero-order valence-electron chi connectivity index (χ0n) is 15.6. The third kappa shape index (κ3) is 3.09. The van der Waals surface area contributed by atoms with Crippen LogP contribution in [0.25, 0.3) is 0 Å². The van der Waals surface area contributed by atoms with E-state index in [4.69, 9.17) is 9.47 Å². The van der Waals surface area contributed by atoms with E-state index >= 15 is 0 Å². The zero-order valence-corrected chi connectivity index (χ0v) is 15.6. The van der Waals surface area contributed by atoms with Gasteiger partial charge in [-0.3, -0.25) is 9.59 Å². The number of fused-ring (bicyclic) bond motifs is 1. The number of nitrogens with zero attached hydrogens (tertiary/aromatic N) is 2. The van der Waals surface area contributed by atoms with E-state index < -0.39 is 0 Å². The molecule has 26 heavy (non-hydrogen) atoms. The van der Waals surface area contributed by atoms with Gasteiger partial charge in [-0.15, -0.1) is 0 Å². The van der Waals surface area contributed by atoms with Crippen LogP contribution in [0.1, 0.15) is 48.9 Å². The van der Waals surface area contributed by atoms with Crippen molar-refractivity contribution in [2.75, 3.05) is 20.3 Å². The van der Waals surface area contributed by atoms with Crippen LogP contribution in [-0.2, 0) is 16.5 Å². The molecular weight excluding hydrogens is 332 g/mol. The Morgan fingerprint density at radius 2 is 2.12 bits per heavy atom. The molecule has 0 radical (unpaired) electrons. The van der Waals surface area contributed by atoms with Gasteiger partial charge in [-0.1, -0.05) is 0 Å². The molecule has 2 saturated carbocycles. The van der Waals surface area contributed by atoms with Gasteiger partial charge in [0.1, 0.15) is 5.56 Å². The van der Waals surface area contributed by atoms with Gasteiger partial charge in [0, 0.05) is 33.5 Å². The van der Waals surface area contributed by atoms with Gasteiger partial charge >= 0.3 is 0 Å². The van der Waals surface area contributed by atoms with E-state index in [0.29, 0.717) is 6.54 Å². The predicted molar refractivity (Wildman–Crippen MR) is 97.2 cm³/mol. The van der Waals surface area contributed by atoms with E-state index in [-0.39, 0.29) is 34.8 Å². The number of hydrogen-bond donors (Lipinski definition) is 0. The Kier molecular flexibility index (Phi) is 4.65. The molecule has 1 saturated heterocycles. The van der Waals surface area contributed by atoms with Crippen molar-refractivity contribution in [1.82, 2.24) is 9.47 Å². The largest absolute Gasteiger partial charge is 0.378 e. The van der Waals surface area contributed by atoms with Gasteiger partial charge in [0.15, 0.2) is 0 Å². The van der Waals surface area contributed by atoms with Gasteiger partial charge < -0.3 is 18.9 Å². The number of aromatic nitrogens is 1. The van der Waals surface area contributed by atoms with Crippen LogP contribution in [0.3, 0.4) is 0 Å². The molecule has 6 nitrogen and oxygen atoms in total. The van der Waals surface area contributed by atoms with Crippen LogP contribution in [-0.4, -0.2) is 53.4 Å². The molecule has 3 atom stereocenters. The van der Waals surface area contributed by atoms with Crippen LogP contribution >= 0.6 is 0 Å². The number of ether oxygens (including phenoxy) is 2. The Morgan fingerprint density at radius 3 is 2.85 bits per heavy atom. The molecule has 0 aromatic carbocycles. The van der Waals surface area contributed by atoms with E-state index in [9.17, 15) is 9.59 Å². The molecule has 0 unspecified atom stereocenters. The highest BCUT2D eigenvalue weighted by Crippen LogP contribution is 2.44. The summed E-state index contributed by atoms with van der Waals surface area (Å²) in [6.07, 6.45) is 7.90. The number of amides is 1. The molecule has 0 N–H and O–H groups in total. The Bertz CT molecular complexity index is 742. The summed E-state index contributed by atoms with van der Waals surface area (Å²) in [5.74, 6) is 0.552. The lowest BCUT2D eigenvalue weighted by molar-refractivity contribution is -0.0977. The van der Waals surface area contributed by atoms with Crippen molar-refractivity contribution in [2.45, 2.75) is 56.3 Å². The maximum absolute atomic E-state index is 13.1. The lowest BCUT2D eigenvalue weighted by Crippen LogP contribution is -2.53. The fourth-order valence-corrected chi connectivity index (χ4v) is 4.53. The van der Waals surface area contributed by atoms with Gasteiger partial charge in [-0.05, 0) is 56.6 Å². The lowest BCUT2D eigenvalue weighted by atomic mass is 9.79. The summed E-state index contributed by atoms with van der Waals surface area (Å²) in [5, 5.41) is 0. The first-order valence-corrected chi connectivity index (χ1v) is 9.67. The molecule has 6 heteroatoms. The van der Waals surface area contributed by atoms with Crippen LogP contribution < -0.4 is 5.56 Å². The number of aryl methyl sites for hydroxylation is 1. The SMILES string of the molecule is CO[C@@]12CC[C@H](OCC3CC3)C[C@@H]1N(C(=O)c1cccn(C)c1=O)CC2. The highest BCUT2D eigenvalue weighted by Gasteiger charge is 2.53. The third-order valence-electron chi connectivity index (χ3n) is 6.42. The molecule has 3 fully saturated rings. The molecule has 3 aliphatic rings. The molecule has 1 aromatic rings. The highest BCUT2D eigenvalue weighted by molar-refractivity contribution is 5.94. The number of rotatable bonds is 5. The lowest BCUT2D eigenvalue weighted by Gasteiger charge is -2.43. The predicted octanol–water partition coefficient (Wildman–Crippen LogP) is 1.96. The van der Waals surface area contributed by atoms with E-state index in [0.717, 1.165) is 38.2 Å². The minimum atomic E-state index is -0.297. The summed E-state index contributed by atoms with van der Waals surface area (Å²) in [7, 11) is 3.42. The van der Waals surface area contributed by atoms with Gasteiger partial charge in [0.05, 0.1) is 17.7 Å². The minimum absolute atomic E-state index is 0.0251. The number of likely N-dealkylation sites (tertiary alicyclic amines) is 1. The Balaban J connectivity index is 1.54. The Labute approximate surface area is 154 Å². The van der Waals surface area contributed by atoms with E-state index in [1.165, 1.54) is 17.4 Å². The van der Waals surface area contributed by atoms with Crippen molar-refractivity contribution in [3.8, 4) is 0 Å². The number of carbonyl (C=O) groups excluding carboxylic acids is 1. The second-order valence-corrected chi connectivity index (χ2v) is 8.04. The number of carbonyl (C=O) groups is 1. The summed E-state index contributed by atoms with van der Waals surface area (Å²) < 4.78 is 13.5. The second kappa shape index (κ2) is 6.82. The topological polar surface area (TPSA) is 60.8 Å². The molecular formula is C20H28N2O4. The summed E-state index contributed by atoms with van der Waals surface area (Å²) in [6.45, 7) is 1.47. The monoisotopic (exact) mass is 360 g/mol. The van der Waals surface area contributed by atoms with Crippen LogP contribution in [0.4, 0.5) is 0 Å². The van der Waals surface area contributed by atoms with Gasteiger partial charge in [0.2, 0.25) is 0 Å². The fraction of sp³-hybridized carbons (Fsp3) is 0.700. The van der Waals surface area contributed by atoms with Crippen molar-refractivity contribution in [1.29, 1.82) is 0 Å². The standard InChI is InChI=1S/C20H28N2O4/c1-21-10-3-4-16(18(21)23)19(24)22-11-9-20(25-2)8-7-15(12-17(20)22)26-13-14-5-6-14/h3-4,10,14-15,17H,5-9,11-13H2,1-2H3/t15-,17-,20+/m0/s1. The molecule has 142 valence electrons. The Morgan fingerprint density at radius 1 is 1.31 bits per heavy atom. The summed E-state index contributed by atoms with van der Waals surface area (Å²) in [5.41, 5.74) is -0.303. The molecule has 0 spiro atoms. The first kappa shape index (κ1) is 17.7. The maximum atomic E-state index is 13.1. The van der Waals surface area contributed by atoms with E-state index in [1.807, 2.05) is 4.90 Å². The normalized spacial score (nSPS) is 31.1. The van der Waals surface area contributed by atoms with Gasteiger partial charge in [0.25, 0.3) is 11.5 Å². The van der Waals surface area contributed by atoms with Gasteiger partial charge in [-0.2, -0.15) is 0 Å². The minimum Gasteiger partial charge on any atom is -0.378 e. The first-order chi connectivity index (χ1) is 12.5. The molecule has 4 rings (SSSR count). The first-order valence-electron chi connectivity index (χ1n) is 9.67. The van der Waals surface area contributed by atoms with E-state index in [1.54, 1.807) is 32.5 Å². The average Bonchev–Trinajstić information content (AvgIpc) is 3.41. The molecule has 2 aliphatic carbocycles. The number of hydrogen-bond acceptors (Lipinski definition) is 4. The molecule has 1 amide bonds. The highest BCUT2D eigenvalue weighted by atomic mass is 16.5. The second-order valence-electron chi connectivity index (χ2n) is 8.04. The summed E-state index contributed by atoms with van der Waals surface area (Å²) >= 11 is 0.